The van der Waals surface area contributed by atoms with Gasteiger partial charge in [0.05, 0.1) is 24.3 Å². The summed E-state index contributed by atoms with van der Waals surface area (Å²) in [6.45, 7) is 1.98. The molecule has 4 rings (SSSR count). The molecule has 0 saturated carbocycles. The molecule has 0 aliphatic carbocycles. The average Bonchev–Trinajstić information content (AvgIpc) is 3.16. The molecule has 7 nitrogen and oxygen atoms in total. The van der Waals surface area contributed by atoms with Gasteiger partial charge in [-0.25, -0.2) is 4.39 Å². The van der Waals surface area contributed by atoms with Gasteiger partial charge in [0.2, 0.25) is 0 Å². The van der Waals surface area contributed by atoms with E-state index >= 15 is 0 Å². The Kier molecular flexibility index (Phi) is 8.42. The Morgan fingerprint density at radius 2 is 1.86 bits per heavy atom. The lowest BCUT2D eigenvalue weighted by Gasteiger charge is -2.14. The number of hydrogen-bond donors (Lipinski definition) is 1. The summed E-state index contributed by atoms with van der Waals surface area (Å²) in [4.78, 5) is 27.2. The van der Waals surface area contributed by atoms with Crippen molar-refractivity contribution >= 4 is 57.6 Å². The maximum atomic E-state index is 13.3. The minimum Gasteiger partial charge on any atom is -0.497 e. The second kappa shape index (κ2) is 11.9. The molecule has 10 heteroatoms. The Morgan fingerprint density at radius 1 is 1.08 bits per heavy atom. The number of amides is 2. The summed E-state index contributed by atoms with van der Waals surface area (Å²) < 4.78 is 30.2. The first-order chi connectivity index (χ1) is 17.9. The first-order valence-corrected chi connectivity index (χ1v) is 12.5. The Bertz CT molecular complexity index is 1360. The predicted octanol–water partition coefficient (Wildman–Crippen LogP) is 5.66. The summed E-state index contributed by atoms with van der Waals surface area (Å²) in [5.74, 6) is 0.409. The smallest absolute Gasteiger partial charge is 0.270 e. The van der Waals surface area contributed by atoms with Gasteiger partial charge in [-0.3, -0.25) is 14.5 Å². The van der Waals surface area contributed by atoms with Crippen molar-refractivity contribution in [3.05, 3.63) is 83.0 Å². The average molecular weight is 539 g/mol. The summed E-state index contributed by atoms with van der Waals surface area (Å²) >= 11 is 6.54. The molecule has 2 amide bonds. The highest BCUT2D eigenvalue weighted by Crippen LogP contribution is 2.37. The van der Waals surface area contributed by atoms with E-state index in [2.05, 4.69) is 5.32 Å². The highest BCUT2D eigenvalue weighted by Gasteiger charge is 2.33. The van der Waals surface area contributed by atoms with Gasteiger partial charge < -0.3 is 19.5 Å². The number of carbonyl (C=O) groups is 2. The van der Waals surface area contributed by atoms with Crippen LogP contribution in [0.1, 0.15) is 12.5 Å². The molecule has 1 fully saturated rings. The zero-order chi connectivity index (χ0) is 26.4. The van der Waals surface area contributed by atoms with Crippen molar-refractivity contribution < 1.29 is 28.2 Å². The van der Waals surface area contributed by atoms with Crippen LogP contribution in [0, 0.1) is 5.82 Å². The van der Waals surface area contributed by atoms with E-state index in [1.165, 1.54) is 29.2 Å². The van der Waals surface area contributed by atoms with Crippen LogP contribution in [0.5, 0.6) is 17.2 Å². The number of rotatable bonds is 9. The summed E-state index contributed by atoms with van der Waals surface area (Å²) in [6.07, 6.45) is 1.70. The molecule has 1 saturated heterocycles. The number of benzene rings is 3. The lowest BCUT2D eigenvalue weighted by molar-refractivity contribution is -0.118. The normalized spacial score (nSPS) is 14.1. The van der Waals surface area contributed by atoms with Gasteiger partial charge in [0.1, 0.15) is 11.6 Å². The van der Waals surface area contributed by atoms with Gasteiger partial charge in [-0.2, -0.15) is 0 Å². The second-order valence-electron chi connectivity index (χ2n) is 7.70. The molecule has 37 heavy (non-hydrogen) atoms. The van der Waals surface area contributed by atoms with Crippen LogP contribution in [0.4, 0.5) is 15.8 Å². The van der Waals surface area contributed by atoms with E-state index in [9.17, 15) is 14.0 Å². The molecule has 3 aromatic carbocycles. The van der Waals surface area contributed by atoms with E-state index in [1.807, 2.05) is 6.92 Å². The molecule has 3 aromatic rings. The van der Waals surface area contributed by atoms with Gasteiger partial charge in [-0.1, -0.05) is 36.1 Å². The van der Waals surface area contributed by atoms with Gasteiger partial charge >= 0.3 is 0 Å². The van der Waals surface area contributed by atoms with Gasteiger partial charge in [-0.05, 0) is 67.1 Å². The van der Waals surface area contributed by atoms with E-state index in [1.54, 1.807) is 55.7 Å². The fourth-order valence-electron chi connectivity index (χ4n) is 3.48. The fourth-order valence-corrected chi connectivity index (χ4v) is 4.77. The standard InChI is InChI=1S/C27H23FN2O5S2/c1-3-34-23-13-17(14-24-26(32)30(27(36)37-24)20-10-8-18(28)9-11-20)7-12-22(23)35-16-25(31)29-19-5-4-6-21(15-19)33-2/h4-15H,3,16H2,1-2H3,(H,29,31)/b24-14-. The summed E-state index contributed by atoms with van der Waals surface area (Å²) in [6, 6.07) is 17.7. The number of carbonyl (C=O) groups excluding carboxylic acids is 2. The Balaban J connectivity index is 1.46. The number of anilines is 2. The van der Waals surface area contributed by atoms with Gasteiger partial charge in [0.15, 0.2) is 22.4 Å². The van der Waals surface area contributed by atoms with Gasteiger partial charge in [-0.15, -0.1) is 0 Å². The summed E-state index contributed by atoms with van der Waals surface area (Å²) in [5.41, 5.74) is 1.78. The largest absolute Gasteiger partial charge is 0.497 e. The zero-order valence-corrected chi connectivity index (χ0v) is 21.7. The second-order valence-corrected chi connectivity index (χ2v) is 9.38. The number of halogens is 1. The molecular weight excluding hydrogens is 515 g/mol. The van der Waals surface area contributed by atoms with Crippen molar-refractivity contribution in [3.63, 3.8) is 0 Å². The monoisotopic (exact) mass is 538 g/mol. The molecule has 0 spiro atoms. The van der Waals surface area contributed by atoms with E-state index in [-0.39, 0.29) is 18.4 Å². The molecule has 0 atom stereocenters. The van der Waals surface area contributed by atoms with Crippen molar-refractivity contribution in [1.29, 1.82) is 0 Å². The van der Waals surface area contributed by atoms with Crippen molar-refractivity contribution in [2.45, 2.75) is 6.92 Å². The maximum absolute atomic E-state index is 13.3. The number of ether oxygens (including phenoxy) is 3. The van der Waals surface area contributed by atoms with Crippen LogP contribution in [0.3, 0.4) is 0 Å². The number of hydrogen-bond acceptors (Lipinski definition) is 7. The third-order valence-corrected chi connectivity index (χ3v) is 6.46. The summed E-state index contributed by atoms with van der Waals surface area (Å²) in [7, 11) is 1.55. The third kappa shape index (κ3) is 6.46. The van der Waals surface area contributed by atoms with Crippen molar-refractivity contribution in [1.82, 2.24) is 0 Å². The summed E-state index contributed by atoms with van der Waals surface area (Å²) in [5, 5.41) is 2.76. The van der Waals surface area contributed by atoms with Crippen molar-refractivity contribution in [2.24, 2.45) is 0 Å². The maximum Gasteiger partial charge on any atom is 0.270 e. The minimum absolute atomic E-state index is 0.229. The van der Waals surface area contributed by atoms with E-state index in [4.69, 9.17) is 26.4 Å². The molecule has 190 valence electrons. The van der Waals surface area contributed by atoms with Crippen LogP contribution in [0.15, 0.2) is 71.6 Å². The minimum atomic E-state index is -0.395. The molecule has 0 bridgehead atoms. The molecule has 0 unspecified atom stereocenters. The Hall–Kier alpha value is -3.89. The van der Waals surface area contributed by atoms with E-state index < -0.39 is 5.82 Å². The number of nitrogens with one attached hydrogen (secondary N) is 1. The Morgan fingerprint density at radius 3 is 2.59 bits per heavy atom. The van der Waals surface area contributed by atoms with Crippen molar-refractivity contribution in [3.8, 4) is 17.2 Å². The van der Waals surface area contributed by atoms with Crippen LogP contribution >= 0.6 is 24.0 Å². The van der Waals surface area contributed by atoms with E-state index in [0.717, 1.165) is 11.8 Å². The van der Waals surface area contributed by atoms with Crippen LogP contribution in [0.2, 0.25) is 0 Å². The number of nitrogens with zero attached hydrogens (tertiary/aromatic N) is 1. The SMILES string of the molecule is CCOc1cc(/C=C2\SC(=S)N(c3ccc(F)cc3)C2=O)ccc1OCC(=O)Nc1cccc(OC)c1. The first-order valence-electron chi connectivity index (χ1n) is 11.2. The highest BCUT2D eigenvalue weighted by atomic mass is 32.2. The molecular formula is C27H23FN2O5S2. The molecule has 1 aliphatic heterocycles. The zero-order valence-electron chi connectivity index (χ0n) is 20.0. The molecule has 1 heterocycles. The lowest BCUT2D eigenvalue weighted by Crippen LogP contribution is -2.27. The predicted molar refractivity (Wildman–Crippen MR) is 147 cm³/mol. The Labute approximate surface area is 223 Å². The van der Waals surface area contributed by atoms with Crippen LogP contribution in [-0.4, -0.2) is 36.5 Å². The van der Waals surface area contributed by atoms with Crippen LogP contribution in [0.25, 0.3) is 6.08 Å². The van der Waals surface area contributed by atoms with E-state index in [0.29, 0.717) is 50.0 Å². The van der Waals surface area contributed by atoms with Gasteiger partial charge in [0, 0.05) is 11.8 Å². The quantitative estimate of drug-likeness (QED) is 0.278. The highest BCUT2D eigenvalue weighted by molar-refractivity contribution is 8.27. The molecule has 1 N–H and O–H groups in total. The topological polar surface area (TPSA) is 77.1 Å². The fraction of sp³-hybridized carbons (Fsp3) is 0.148. The molecule has 1 aliphatic rings. The lowest BCUT2D eigenvalue weighted by atomic mass is 10.1. The van der Waals surface area contributed by atoms with Crippen molar-refractivity contribution in [2.75, 3.05) is 30.5 Å². The molecule has 0 aromatic heterocycles. The van der Waals surface area contributed by atoms with Crippen LogP contribution in [-0.2, 0) is 9.59 Å². The first kappa shape index (κ1) is 26.2. The number of thiocarbonyl (C=S) groups is 1. The number of methoxy groups -OCH3 is 1. The number of thioether (sulfide) groups is 1. The molecule has 0 radical (unpaired) electrons. The van der Waals surface area contributed by atoms with Gasteiger partial charge in [0.25, 0.3) is 11.8 Å². The van der Waals surface area contributed by atoms with Crippen LogP contribution < -0.4 is 24.4 Å². The third-order valence-electron chi connectivity index (χ3n) is 5.16.